The first kappa shape index (κ1) is 11.4. The van der Waals surface area contributed by atoms with Gasteiger partial charge in [0.25, 0.3) is 0 Å². The molecule has 0 aliphatic heterocycles. The standard InChI is InChI=1S/C14H18N4/c15-7-11-5-6-12(16-8-11)9-18-10-17-13-3-1-2-4-14(13)18/h5-6,8,10H,1-4,7,9,15H2. The third-order valence-electron chi connectivity index (χ3n) is 3.56. The summed E-state index contributed by atoms with van der Waals surface area (Å²) in [6.45, 7) is 1.36. The molecule has 18 heavy (non-hydrogen) atoms. The molecule has 2 aromatic heterocycles. The van der Waals surface area contributed by atoms with Crippen LogP contribution in [0.15, 0.2) is 24.7 Å². The van der Waals surface area contributed by atoms with E-state index in [4.69, 9.17) is 5.73 Å². The van der Waals surface area contributed by atoms with Gasteiger partial charge in [0.05, 0.1) is 24.3 Å². The van der Waals surface area contributed by atoms with E-state index in [-0.39, 0.29) is 0 Å². The van der Waals surface area contributed by atoms with Gasteiger partial charge in [0.15, 0.2) is 0 Å². The van der Waals surface area contributed by atoms with Gasteiger partial charge >= 0.3 is 0 Å². The summed E-state index contributed by atoms with van der Waals surface area (Å²) in [5, 5.41) is 0. The molecule has 0 amide bonds. The topological polar surface area (TPSA) is 56.7 Å². The number of nitrogens with two attached hydrogens (primary N) is 1. The van der Waals surface area contributed by atoms with Gasteiger partial charge < -0.3 is 10.3 Å². The van der Waals surface area contributed by atoms with Crippen molar-refractivity contribution in [3.8, 4) is 0 Å². The SMILES string of the molecule is NCc1ccc(Cn2cnc3c2CCCC3)nc1. The molecule has 0 spiro atoms. The fraction of sp³-hybridized carbons (Fsp3) is 0.429. The van der Waals surface area contributed by atoms with Crippen LogP contribution in [0.5, 0.6) is 0 Å². The first-order valence-electron chi connectivity index (χ1n) is 6.53. The highest BCUT2D eigenvalue weighted by Gasteiger charge is 2.15. The molecule has 1 aliphatic rings. The van der Waals surface area contributed by atoms with Crippen LogP contribution in [0.3, 0.4) is 0 Å². The Morgan fingerprint density at radius 1 is 1.17 bits per heavy atom. The molecule has 2 N–H and O–H groups in total. The second kappa shape index (κ2) is 4.90. The average molecular weight is 242 g/mol. The summed E-state index contributed by atoms with van der Waals surface area (Å²) in [4.78, 5) is 8.95. The molecule has 4 heteroatoms. The highest BCUT2D eigenvalue weighted by molar-refractivity contribution is 5.19. The number of hydrogen-bond donors (Lipinski definition) is 1. The monoisotopic (exact) mass is 242 g/mol. The van der Waals surface area contributed by atoms with Crippen molar-refractivity contribution in [1.82, 2.24) is 14.5 Å². The Bertz CT molecular complexity index is 527. The highest BCUT2D eigenvalue weighted by atomic mass is 15.1. The maximum Gasteiger partial charge on any atom is 0.0955 e. The van der Waals surface area contributed by atoms with Crippen molar-refractivity contribution in [2.45, 2.75) is 38.8 Å². The van der Waals surface area contributed by atoms with Gasteiger partial charge in [0, 0.05) is 18.4 Å². The second-order valence-electron chi connectivity index (χ2n) is 4.83. The second-order valence-corrected chi connectivity index (χ2v) is 4.83. The van der Waals surface area contributed by atoms with Crippen LogP contribution in [0.4, 0.5) is 0 Å². The van der Waals surface area contributed by atoms with Crippen molar-refractivity contribution in [3.05, 3.63) is 47.3 Å². The lowest BCUT2D eigenvalue weighted by atomic mass is 10.0. The first-order chi connectivity index (χ1) is 8.86. The van der Waals surface area contributed by atoms with E-state index in [2.05, 4.69) is 20.6 Å². The molecule has 0 bridgehead atoms. The lowest BCUT2D eigenvalue weighted by Gasteiger charge is -2.13. The van der Waals surface area contributed by atoms with Gasteiger partial charge in [0.1, 0.15) is 0 Å². The van der Waals surface area contributed by atoms with Crippen molar-refractivity contribution in [2.24, 2.45) is 5.73 Å². The summed E-state index contributed by atoms with van der Waals surface area (Å²) in [5.74, 6) is 0. The molecule has 0 atom stereocenters. The summed E-state index contributed by atoms with van der Waals surface area (Å²) < 4.78 is 2.24. The fourth-order valence-electron chi connectivity index (χ4n) is 2.51. The van der Waals surface area contributed by atoms with Crippen molar-refractivity contribution in [2.75, 3.05) is 0 Å². The summed E-state index contributed by atoms with van der Waals surface area (Å²) in [5.41, 5.74) is 10.4. The van der Waals surface area contributed by atoms with Gasteiger partial charge in [-0.25, -0.2) is 4.98 Å². The lowest BCUT2D eigenvalue weighted by Crippen LogP contribution is -2.10. The number of aromatic nitrogens is 3. The van der Waals surface area contributed by atoms with Crippen molar-refractivity contribution >= 4 is 0 Å². The minimum absolute atomic E-state index is 0.549. The molecule has 4 nitrogen and oxygen atoms in total. The third-order valence-corrected chi connectivity index (χ3v) is 3.56. The van der Waals surface area contributed by atoms with Crippen LogP contribution in [0, 0.1) is 0 Å². The van der Waals surface area contributed by atoms with E-state index in [1.807, 2.05) is 18.6 Å². The molecule has 2 heterocycles. The summed E-state index contributed by atoms with van der Waals surface area (Å²) >= 11 is 0. The Hall–Kier alpha value is -1.68. The predicted molar refractivity (Wildman–Crippen MR) is 70.1 cm³/mol. The van der Waals surface area contributed by atoms with Crippen LogP contribution in [-0.4, -0.2) is 14.5 Å². The molecule has 0 saturated carbocycles. The predicted octanol–water partition coefficient (Wildman–Crippen LogP) is 1.66. The smallest absolute Gasteiger partial charge is 0.0955 e. The van der Waals surface area contributed by atoms with Crippen molar-refractivity contribution < 1.29 is 0 Å². The van der Waals surface area contributed by atoms with E-state index >= 15 is 0 Å². The van der Waals surface area contributed by atoms with Gasteiger partial charge in [-0.15, -0.1) is 0 Å². The molecule has 0 saturated heterocycles. The number of fused-ring (bicyclic) bond motifs is 1. The molecular formula is C14H18N4. The lowest BCUT2D eigenvalue weighted by molar-refractivity contribution is 0.625. The molecule has 1 aliphatic carbocycles. The average Bonchev–Trinajstić information content (AvgIpc) is 2.83. The van der Waals surface area contributed by atoms with Gasteiger partial charge in [0.2, 0.25) is 0 Å². The van der Waals surface area contributed by atoms with Crippen LogP contribution in [0.1, 0.15) is 35.5 Å². The van der Waals surface area contributed by atoms with Crippen LogP contribution >= 0.6 is 0 Å². The Balaban J connectivity index is 1.81. The van der Waals surface area contributed by atoms with E-state index in [1.165, 1.54) is 24.2 Å². The van der Waals surface area contributed by atoms with Gasteiger partial charge in [-0.3, -0.25) is 4.98 Å². The minimum Gasteiger partial charge on any atom is -0.328 e. The van der Waals surface area contributed by atoms with E-state index in [9.17, 15) is 0 Å². The van der Waals surface area contributed by atoms with Crippen molar-refractivity contribution in [1.29, 1.82) is 0 Å². The van der Waals surface area contributed by atoms with Crippen molar-refractivity contribution in [3.63, 3.8) is 0 Å². The van der Waals surface area contributed by atoms with Crippen LogP contribution < -0.4 is 5.73 Å². The van der Waals surface area contributed by atoms with Gasteiger partial charge in [-0.1, -0.05) is 6.07 Å². The van der Waals surface area contributed by atoms with Gasteiger partial charge in [-0.05, 0) is 37.3 Å². The summed E-state index contributed by atoms with van der Waals surface area (Å²) in [6, 6.07) is 4.10. The number of nitrogens with zero attached hydrogens (tertiary/aromatic N) is 3. The first-order valence-corrected chi connectivity index (χ1v) is 6.53. The highest BCUT2D eigenvalue weighted by Crippen LogP contribution is 2.20. The summed E-state index contributed by atoms with van der Waals surface area (Å²) in [6.07, 6.45) is 8.64. The molecule has 2 aromatic rings. The van der Waals surface area contributed by atoms with Crippen LogP contribution in [0.2, 0.25) is 0 Å². The molecule has 0 fully saturated rings. The Morgan fingerprint density at radius 3 is 2.83 bits per heavy atom. The number of hydrogen-bond acceptors (Lipinski definition) is 3. The van der Waals surface area contributed by atoms with Crippen LogP contribution in [-0.2, 0) is 25.9 Å². The zero-order valence-electron chi connectivity index (χ0n) is 10.5. The number of rotatable bonds is 3. The number of aryl methyl sites for hydroxylation is 1. The fourth-order valence-corrected chi connectivity index (χ4v) is 2.51. The zero-order valence-corrected chi connectivity index (χ0v) is 10.5. The third kappa shape index (κ3) is 2.16. The van der Waals surface area contributed by atoms with E-state index in [0.717, 1.165) is 30.6 Å². The van der Waals surface area contributed by atoms with E-state index in [1.54, 1.807) is 0 Å². The quantitative estimate of drug-likeness (QED) is 0.890. The Kier molecular flexibility index (Phi) is 3.11. The molecule has 0 unspecified atom stereocenters. The van der Waals surface area contributed by atoms with Gasteiger partial charge in [-0.2, -0.15) is 0 Å². The number of imidazole rings is 1. The number of pyridine rings is 1. The Labute approximate surface area is 107 Å². The molecule has 94 valence electrons. The van der Waals surface area contributed by atoms with Crippen LogP contribution in [0.25, 0.3) is 0 Å². The van der Waals surface area contributed by atoms with E-state index < -0.39 is 0 Å². The molecular weight excluding hydrogens is 224 g/mol. The summed E-state index contributed by atoms with van der Waals surface area (Å²) in [7, 11) is 0. The minimum atomic E-state index is 0.549. The van der Waals surface area contributed by atoms with E-state index in [0.29, 0.717) is 6.54 Å². The molecule has 0 aromatic carbocycles. The normalized spacial score (nSPS) is 14.5. The molecule has 3 rings (SSSR count). The maximum atomic E-state index is 5.57. The maximum absolute atomic E-state index is 5.57. The Morgan fingerprint density at radius 2 is 2.06 bits per heavy atom. The zero-order chi connectivity index (χ0) is 12.4. The molecule has 0 radical (unpaired) electrons. The largest absolute Gasteiger partial charge is 0.328 e.